The van der Waals surface area contributed by atoms with Crippen LogP contribution in [0.4, 0.5) is 0 Å². The first-order valence-corrected chi connectivity index (χ1v) is 7.55. The number of hydrogen-bond donors (Lipinski definition) is 2. The van der Waals surface area contributed by atoms with Crippen molar-refractivity contribution in [2.24, 2.45) is 11.8 Å². The van der Waals surface area contributed by atoms with Gasteiger partial charge in [0.2, 0.25) is 0 Å². The minimum absolute atomic E-state index is 0.230. The molecule has 1 aliphatic rings. The van der Waals surface area contributed by atoms with Crippen molar-refractivity contribution < 1.29 is 15.0 Å². The maximum absolute atomic E-state index is 11.3. The zero-order chi connectivity index (χ0) is 15.0. The first kappa shape index (κ1) is 14.4. The van der Waals surface area contributed by atoms with Crippen molar-refractivity contribution in [1.29, 1.82) is 0 Å². The van der Waals surface area contributed by atoms with Gasteiger partial charge in [0.1, 0.15) is 0 Å². The van der Waals surface area contributed by atoms with Crippen molar-refractivity contribution in [3.05, 3.63) is 47.0 Å². The highest BCUT2D eigenvalue weighted by Crippen LogP contribution is 2.42. The molecule has 0 saturated heterocycles. The molecule has 0 radical (unpaired) electrons. The topological polar surface area (TPSA) is 57.5 Å². The van der Waals surface area contributed by atoms with Crippen LogP contribution in [0.5, 0.6) is 0 Å². The molecule has 0 aliphatic heterocycles. The summed E-state index contributed by atoms with van der Waals surface area (Å²) in [6, 6.07) is 11.2. The zero-order valence-corrected chi connectivity index (χ0v) is 12.3. The van der Waals surface area contributed by atoms with Crippen molar-refractivity contribution in [1.82, 2.24) is 0 Å². The first-order chi connectivity index (χ1) is 10.1. The molecule has 1 fully saturated rings. The van der Waals surface area contributed by atoms with E-state index in [-0.39, 0.29) is 5.92 Å². The molecule has 2 aromatic carbocycles. The Labute approximate surface area is 128 Å². The van der Waals surface area contributed by atoms with E-state index in [2.05, 4.69) is 0 Å². The van der Waals surface area contributed by atoms with E-state index in [1.54, 1.807) is 6.07 Å². The van der Waals surface area contributed by atoms with Gasteiger partial charge in [-0.2, -0.15) is 0 Å². The first-order valence-electron chi connectivity index (χ1n) is 7.17. The fourth-order valence-corrected chi connectivity index (χ4v) is 3.68. The van der Waals surface area contributed by atoms with Crippen LogP contribution < -0.4 is 0 Å². The molecule has 3 unspecified atom stereocenters. The summed E-state index contributed by atoms with van der Waals surface area (Å²) in [5, 5.41) is 22.5. The molecule has 1 saturated carbocycles. The molecule has 1 aliphatic carbocycles. The molecule has 0 aromatic heterocycles. The van der Waals surface area contributed by atoms with Gasteiger partial charge in [0.25, 0.3) is 0 Å². The monoisotopic (exact) mass is 304 g/mol. The van der Waals surface area contributed by atoms with E-state index >= 15 is 0 Å². The summed E-state index contributed by atoms with van der Waals surface area (Å²) in [6.45, 7) is 0. The second kappa shape index (κ2) is 5.66. The largest absolute Gasteiger partial charge is 0.481 e. The van der Waals surface area contributed by atoms with Gasteiger partial charge >= 0.3 is 5.97 Å². The molecule has 0 amide bonds. The van der Waals surface area contributed by atoms with Crippen molar-refractivity contribution in [3.63, 3.8) is 0 Å². The lowest BCUT2D eigenvalue weighted by atomic mass is 9.85. The third-order valence-electron chi connectivity index (χ3n) is 4.52. The number of carbonyl (C=O) groups is 1. The molecule has 4 heteroatoms. The highest BCUT2D eigenvalue weighted by molar-refractivity contribution is 6.35. The number of halogens is 1. The highest BCUT2D eigenvalue weighted by Gasteiger charge is 2.38. The Balaban J connectivity index is 2.04. The number of carboxylic acid groups (broad SMARTS) is 1. The van der Waals surface area contributed by atoms with Gasteiger partial charge in [-0.05, 0) is 29.9 Å². The van der Waals surface area contributed by atoms with E-state index in [4.69, 9.17) is 11.6 Å². The molecular formula is C17H17ClO3. The van der Waals surface area contributed by atoms with Gasteiger partial charge in [-0.25, -0.2) is 0 Å². The average Bonchev–Trinajstić information content (AvgIpc) is 2.97. The molecule has 3 rings (SSSR count). The van der Waals surface area contributed by atoms with Gasteiger partial charge in [0, 0.05) is 16.3 Å². The maximum atomic E-state index is 11.3. The third kappa shape index (κ3) is 2.52. The van der Waals surface area contributed by atoms with E-state index < -0.39 is 18.0 Å². The summed E-state index contributed by atoms with van der Waals surface area (Å²) >= 11 is 6.20. The van der Waals surface area contributed by atoms with Crippen LogP contribution >= 0.6 is 11.6 Å². The Morgan fingerprint density at radius 3 is 2.57 bits per heavy atom. The summed E-state index contributed by atoms with van der Waals surface area (Å²) in [4.78, 5) is 11.3. The maximum Gasteiger partial charge on any atom is 0.306 e. The molecule has 2 N–H and O–H groups in total. The van der Waals surface area contributed by atoms with Crippen molar-refractivity contribution in [2.75, 3.05) is 0 Å². The predicted octanol–water partition coefficient (Wildman–Crippen LogP) is 4.03. The van der Waals surface area contributed by atoms with Crippen LogP contribution in [0.15, 0.2) is 36.4 Å². The molecule has 3 atom stereocenters. The normalized spacial score (nSPS) is 23.3. The number of hydrogen-bond acceptors (Lipinski definition) is 2. The van der Waals surface area contributed by atoms with Crippen molar-refractivity contribution in [2.45, 2.75) is 25.4 Å². The molecule has 21 heavy (non-hydrogen) atoms. The summed E-state index contributed by atoms with van der Waals surface area (Å²) in [5.41, 5.74) is 0.771. The Morgan fingerprint density at radius 2 is 1.86 bits per heavy atom. The zero-order valence-electron chi connectivity index (χ0n) is 11.5. The summed E-state index contributed by atoms with van der Waals surface area (Å²) in [5.74, 6) is -1.50. The van der Waals surface area contributed by atoms with Crippen molar-refractivity contribution in [3.8, 4) is 0 Å². The van der Waals surface area contributed by atoms with Gasteiger partial charge in [0.05, 0.1) is 12.0 Å². The molecule has 110 valence electrons. The van der Waals surface area contributed by atoms with Crippen LogP contribution in [0, 0.1) is 11.8 Å². The van der Waals surface area contributed by atoms with E-state index in [0.717, 1.165) is 29.2 Å². The van der Waals surface area contributed by atoms with Gasteiger partial charge in [-0.15, -0.1) is 0 Å². The number of aliphatic hydroxyl groups is 1. The van der Waals surface area contributed by atoms with Gasteiger partial charge in [-0.1, -0.05) is 48.4 Å². The Bertz CT molecular complexity index is 683. The van der Waals surface area contributed by atoms with Crippen LogP contribution in [0.2, 0.25) is 5.02 Å². The summed E-state index contributed by atoms with van der Waals surface area (Å²) in [6.07, 6.45) is 1.47. The predicted molar refractivity (Wildman–Crippen MR) is 82.4 cm³/mol. The van der Waals surface area contributed by atoms with E-state index in [1.807, 2.05) is 30.3 Å². The van der Waals surface area contributed by atoms with Crippen LogP contribution in [-0.2, 0) is 4.79 Å². The fraction of sp³-hybridized carbons (Fsp3) is 0.353. The van der Waals surface area contributed by atoms with Gasteiger partial charge in [-0.3, -0.25) is 4.79 Å². The Morgan fingerprint density at radius 1 is 1.14 bits per heavy atom. The SMILES string of the molecule is O=C(O)C1CCCC1C(O)c1ccc(Cl)c2ccccc12. The number of carboxylic acids is 1. The van der Waals surface area contributed by atoms with Crippen LogP contribution in [0.3, 0.4) is 0 Å². The second-order valence-corrected chi connectivity index (χ2v) is 6.07. The summed E-state index contributed by atoms with van der Waals surface area (Å²) < 4.78 is 0. The number of aliphatic carboxylic acids is 1. The molecule has 2 aromatic rings. The van der Waals surface area contributed by atoms with Crippen LogP contribution in [0.1, 0.15) is 30.9 Å². The van der Waals surface area contributed by atoms with Crippen molar-refractivity contribution >= 4 is 28.3 Å². The lowest BCUT2D eigenvalue weighted by molar-refractivity contribution is -0.144. The fourth-order valence-electron chi connectivity index (χ4n) is 3.45. The quantitative estimate of drug-likeness (QED) is 0.900. The minimum Gasteiger partial charge on any atom is -0.481 e. The van der Waals surface area contributed by atoms with Crippen LogP contribution in [-0.4, -0.2) is 16.2 Å². The summed E-state index contributed by atoms with van der Waals surface area (Å²) in [7, 11) is 0. The molecular weight excluding hydrogens is 288 g/mol. The Hall–Kier alpha value is -1.58. The molecule has 0 spiro atoms. The smallest absolute Gasteiger partial charge is 0.306 e. The van der Waals surface area contributed by atoms with E-state index in [1.165, 1.54) is 0 Å². The highest BCUT2D eigenvalue weighted by atomic mass is 35.5. The molecule has 0 bridgehead atoms. The van der Waals surface area contributed by atoms with E-state index in [0.29, 0.717) is 11.4 Å². The average molecular weight is 305 g/mol. The lowest BCUT2D eigenvalue weighted by Crippen LogP contribution is -2.24. The van der Waals surface area contributed by atoms with E-state index in [9.17, 15) is 15.0 Å². The standard InChI is InChI=1S/C17H17ClO3/c18-15-9-8-13(10-4-1-2-5-11(10)15)16(19)12-6-3-7-14(12)17(20)21/h1-2,4-5,8-9,12,14,16,19H,3,6-7H2,(H,20,21). The Kier molecular flexibility index (Phi) is 3.87. The molecule has 3 nitrogen and oxygen atoms in total. The number of benzene rings is 2. The molecule has 0 heterocycles. The van der Waals surface area contributed by atoms with Gasteiger partial charge < -0.3 is 10.2 Å². The number of aliphatic hydroxyl groups excluding tert-OH is 1. The third-order valence-corrected chi connectivity index (χ3v) is 4.84. The second-order valence-electron chi connectivity index (χ2n) is 5.67. The lowest BCUT2D eigenvalue weighted by Gasteiger charge is -2.24. The minimum atomic E-state index is -0.810. The van der Waals surface area contributed by atoms with Crippen LogP contribution in [0.25, 0.3) is 10.8 Å². The number of rotatable bonds is 3. The van der Waals surface area contributed by atoms with Gasteiger partial charge in [0.15, 0.2) is 0 Å². The number of fused-ring (bicyclic) bond motifs is 1.